The highest BCUT2D eigenvalue weighted by atomic mass is 16.4. The minimum Gasteiger partial charge on any atom is -0.410 e. The van der Waals surface area contributed by atoms with Crippen molar-refractivity contribution in [2.24, 2.45) is 5.16 Å². The number of likely N-dealkylation sites (N-methyl/N-ethyl adjacent to an activating group) is 1. The van der Waals surface area contributed by atoms with Gasteiger partial charge >= 0.3 is 0 Å². The fourth-order valence-electron chi connectivity index (χ4n) is 1.74. The van der Waals surface area contributed by atoms with E-state index >= 15 is 0 Å². The first-order chi connectivity index (χ1) is 7.81. The minimum atomic E-state index is 0.636. The number of hydrogen-bond donors (Lipinski definition) is 1. The highest BCUT2D eigenvalue weighted by Crippen LogP contribution is 2.13. The molecule has 0 radical (unpaired) electrons. The summed E-state index contributed by atoms with van der Waals surface area (Å²) in [6.07, 6.45) is 5.92. The van der Waals surface area contributed by atoms with Gasteiger partial charge < -0.3 is 10.1 Å². The van der Waals surface area contributed by atoms with E-state index < -0.39 is 0 Å². The lowest BCUT2D eigenvalue weighted by atomic mass is 10.0. The zero-order valence-electron chi connectivity index (χ0n) is 9.17. The van der Waals surface area contributed by atoms with Gasteiger partial charge in [-0.05, 0) is 12.3 Å². The van der Waals surface area contributed by atoms with Crippen LogP contribution in [0.3, 0.4) is 0 Å². The number of allylic oxidation sites excluding steroid dienone is 2. The van der Waals surface area contributed by atoms with Gasteiger partial charge in [-0.2, -0.15) is 0 Å². The van der Waals surface area contributed by atoms with Gasteiger partial charge in [0.25, 0.3) is 0 Å². The SMILES string of the molecule is CN1C=CC=C(C(=NO)c2ccccc2)C1. The van der Waals surface area contributed by atoms with Crippen molar-refractivity contribution in [3.05, 3.63) is 59.8 Å². The van der Waals surface area contributed by atoms with Crippen molar-refractivity contribution < 1.29 is 5.21 Å². The van der Waals surface area contributed by atoms with Crippen molar-refractivity contribution >= 4 is 5.71 Å². The van der Waals surface area contributed by atoms with Gasteiger partial charge in [-0.3, -0.25) is 0 Å². The summed E-state index contributed by atoms with van der Waals surface area (Å²) in [7, 11) is 1.99. The zero-order valence-corrected chi connectivity index (χ0v) is 9.17. The standard InChI is InChI=1S/C13H14N2O/c1-15-9-5-8-12(10-15)13(14-16)11-6-3-2-4-7-11/h2-9,16H,10H2,1H3. The van der Waals surface area contributed by atoms with Crippen LogP contribution in [0.1, 0.15) is 5.56 Å². The smallest absolute Gasteiger partial charge is 0.114 e. The Kier molecular flexibility index (Phi) is 3.05. The number of oxime groups is 1. The normalized spacial score (nSPS) is 16.2. The molecule has 0 aliphatic carbocycles. The molecule has 1 N–H and O–H groups in total. The molecule has 1 heterocycles. The summed E-state index contributed by atoms with van der Waals surface area (Å²) in [5.41, 5.74) is 2.58. The Balaban J connectivity index is 2.32. The molecule has 0 saturated heterocycles. The Labute approximate surface area is 95.0 Å². The van der Waals surface area contributed by atoms with E-state index in [-0.39, 0.29) is 0 Å². The summed E-state index contributed by atoms with van der Waals surface area (Å²) < 4.78 is 0. The summed E-state index contributed by atoms with van der Waals surface area (Å²) in [4.78, 5) is 2.05. The van der Waals surface area contributed by atoms with Gasteiger partial charge in [-0.15, -0.1) is 0 Å². The lowest BCUT2D eigenvalue weighted by Gasteiger charge is -2.20. The molecule has 0 spiro atoms. The maximum Gasteiger partial charge on any atom is 0.114 e. The van der Waals surface area contributed by atoms with Crippen LogP contribution in [0, 0.1) is 0 Å². The van der Waals surface area contributed by atoms with Crippen LogP contribution in [-0.2, 0) is 0 Å². The quantitative estimate of drug-likeness (QED) is 0.465. The first-order valence-electron chi connectivity index (χ1n) is 5.16. The van der Waals surface area contributed by atoms with E-state index in [0.29, 0.717) is 5.71 Å². The fraction of sp³-hybridized carbons (Fsp3) is 0.154. The predicted octanol–water partition coefficient (Wildman–Crippen LogP) is 2.25. The Morgan fingerprint density at radius 2 is 2.06 bits per heavy atom. The molecule has 16 heavy (non-hydrogen) atoms. The van der Waals surface area contributed by atoms with Crippen LogP contribution in [0.15, 0.2) is 59.4 Å². The second-order valence-corrected chi connectivity index (χ2v) is 3.76. The van der Waals surface area contributed by atoms with Crippen LogP contribution in [-0.4, -0.2) is 29.4 Å². The topological polar surface area (TPSA) is 35.8 Å². The molecule has 1 aliphatic rings. The summed E-state index contributed by atoms with van der Waals surface area (Å²) in [5.74, 6) is 0. The molecule has 3 nitrogen and oxygen atoms in total. The Hall–Kier alpha value is -2.03. The van der Waals surface area contributed by atoms with Gasteiger partial charge in [-0.25, -0.2) is 0 Å². The average Bonchev–Trinajstić information content (AvgIpc) is 2.31. The van der Waals surface area contributed by atoms with Crippen molar-refractivity contribution in [1.29, 1.82) is 0 Å². The largest absolute Gasteiger partial charge is 0.410 e. The molecule has 0 aromatic heterocycles. The van der Waals surface area contributed by atoms with E-state index in [1.54, 1.807) is 0 Å². The van der Waals surface area contributed by atoms with Crippen LogP contribution in [0.25, 0.3) is 0 Å². The summed E-state index contributed by atoms with van der Waals surface area (Å²) in [6.45, 7) is 0.755. The molecule has 0 amide bonds. The number of benzene rings is 1. The van der Waals surface area contributed by atoms with Crippen molar-refractivity contribution in [3.63, 3.8) is 0 Å². The third kappa shape index (κ3) is 2.14. The molecule has 3 heteroatoms. The Bertz CT molecular complexity index is 446. The molecule has 2 rings (SSSR count). The van der Waals surface area contributed by atoms with Crippen molar-refractivity contribution in [3.8, 4) is 0 Å². The zero-order chi connectivity index (χ0) is 11.4. The minimum absolute atomic E-state index is 0.636. The average molecular weight is 214 g/mol. The molecular weight excluding hydrogens is 200 g/mol. The van der Waals surface area contributed by atoms with Crippen molar-refractivity contribution in [2.45, 2.75) is 0 Å². The van der Waals surface area contributed by atoms with E-state index in [9.17, 15) is 0 Å². The second kappa shape index (κ2) is 4.66. The van der Waals surface area contributed by atoms with Crippen LogP contribution in [0.4, 0.5) is 0 Å². The molecular formula is C13H14N2O. The lowest BCUT2D eigenvalue weighted by Crippen LogP contribution is -2.22. The fourth-order valence-corrected chi connectivity index (χ4v) is 1.74. The van der Waals surface area contributed by atoms with Gasteiger partial charge in [0.05, 0.1) is 0 Å². The molecule has 0 atom stereocenters. The first-order valence-corrected chi connectivity index (χ1v) is 5.16. The van der Waals surface area contributed by atoms with Crippen LogP contribution in [0.2, 0.25) is 0 Å². The van der Waals surface area contributed by atoms with Gasteiger partial charge in [0.15, 0.2) is 0 Å². The predicted molar refractivity (Wildman–Crippen MR) is 64.6 cm³/mol. The van der Waals surface area contributed by atoms with E-state index in [1.807, 2.05) is 60.6 Å². The first kappa shape index (κ1) is 10.5. The highest BCUT2D eigenvalue weighted by Gasteiger charge is 2.13. The number of hydrogen-bond acceptors (Lipinski definition) is 3. The highest BCUT2D eigenvalue weighted by molar-refractivity contribution is 6.12. The van der Waals surface area contributed by atoms with Gasteiger partial charge in [0.2, 0.25) is 0 Å². The van der Waals surface area contributed by atoms with E-state index in [4.69, 9.17) is 5.21 Å². The molecule has 82 valence electrons. The summed E-state index contributed by atoms with van der Waals surface area (Å²) >= 11 is 0. The lowest BCUT2D eigenvalue weighted by molar-refractivity contribution is 0.319. The summed E-state index contributed by atoms with van der Waals surface area (Å²) in [6, 6.07) is 9.69. The summed E-state index contributed by atoms with van der Waals surface area (Å²) in [5, 5.41) is 12.5. The number of rotatable bonds is 2. The van der Waals surface area contributed by atoms with Crippen molar-refractivity contribution in [2.75, 3.05) is 13.6 Å². The van der Waals surface area contributed by atoms with Gasteiger partial charge in [0, 0.05) is 24.7 Å². The van der Waals surface area contributed by atoms with E-state index in [0.717, 1.165) is 17.7 Å². The van der Waals surface area contributed by atoms with Crippen LogP contribution in [0.5, 0.6) is 0 Å². The third-order valence-electron chi connectivity index (χ3n) is 2.51. The maximum absolute atomic E-state index is 9.12. The number of nitrogens with zero attached hydrogens (tertiary/aromatic N) is 2. The maximum atomic E-state index is 9.12. The third-order valence-corrected chi connectivity index (χ3v) is 2.51. The molecule has 1 aromatic carbocycles. The monoisotopic (exact) mass is 214 g/mol. The van der Waals surface area contributed by atoms with Gasteiger partial charge in [0.1, 0.15) is 5.71 Å². The second-order valence-electron chi connectivity index (χ2n) is 3.76. The van der Waals surface area contributed by atoms with Crippen LogP contribution < -0.4 is 0 Å². The molecule has 0 fully saturated rings. The Morgan fingerprint density at radius 3 is 2.69 bits per heavy atom. The Morgan fingerprint density at radius 1 is 1.31 bits per heavy atom. The molecule has 1 aromatic rings. The molecule has 1 aliphatic heterocycles. The van der Waals surface area contributed by atoms with Crippen LogP contribution >= 0.6 is 0 Å². The molecule has 0 saturated carbocycles. The van der Waals surface area contributed by atoms with E-state index in [2.05, 4.69) is 5.16 Å². The molecule has 0 unspecified atom stereocenters. The van der Waals surface area contributed by atoms with Crippen molar-refractivity contribution in [1.82, 2.24) is 4.90 Å². The molecule has 0 bridgehead atoms. The van der Waals surface area contributed by atoms with Gasteiger partial charge in [-0.1, -0.05) is 41.6 Å². The van der Waals surface area contributed by atoms with E-state index in [1.165, 1.54) is 0 Å².